The first-order valence-corrected chi connectivity index (χ1v) is 11.3. The summed E-state index contributed by atoms with van der Waals surface area (Å²) < 4.78 is 40.2. The lowest BCUT2D eigenvalue weighted by Crippen LogP contribution is -2.51. The van der Waals surface area contributed by atoms with Gasteiger partial charge in [-0.25, -0.2) is 4.98 Å². The molecule has 0 radical (unpaired) electrons. The third-order valence-corrected chi connectivity index (χ3v) is 6.19. The number of hydrogen-bond acceptors (Lipinski definition) is 4. The zero-order valence-corrected chi connectivity index (χ0v) is 19.6. The molecule has 1 unspecified atom stereocenters. The van der Waals surface area contributed by atoms with E-state index in [1.54, 1.807) is 17.2 Å². The number of pyridine rings is 1. The fraction of sp³-hybridized carbons (Fsp3) is 0.333. The molecule has 7 nitrogen and oxygen atoms in total. The van der Waals surface area contributed by atoms with E-state index in [1.165, 1.54) is 16.8 Å². The van der Waals surface area contributed by atoms with Crippen molar-refractivity contribution in [2.45, 2.75) is 26.1 Å². The van der Waals surface area contributed by atoms with Crippen molar-refractivity contribution < 1.29 is 22.8 Å². The van der Waals surface area contributed by atoms with E-state index in [2.05, 4.69) is 28.9 Å². The molecule has 0 saturated carbocycles. The summed E-state index contributed by atoms with van der Waals surface area (Å²) in [5.41, 5.74) is -0.857. The number of amides is 2. The Morgan fingerprint density at radius 1 is 1.31 bits per heavy atom. The smallest absolute Gasteiger partial charge is 0.340 e. The summed E-state index contributed by atoms with van der Waals surface area (Å²) in [5, 5.41) is 7.62. The Morgan fingerprint density at radius 3 is 2.74 bits per heavy atom. The Labute approximate surface area is 204 Å². The number of carbonyl (C=O) groups is 2. The van der Waals surface area contributed by atoms with Gasteiger partial charge in [0.1, 0.15) is 17.9 Å². The van der Waals surface area contributed by atoms with Gasteiger partial charge in [0.05, 0.1) is 16.2 Å². The maximum Gasteiger partial charge on any atom is 0.433 e. The molecule has 35 heavy (non-hydrogen) atoms. The third-order valence-electron chi connectivity index (χ3n) is 5.88. The van der Waals surface area contributed by atoms with E-state index in [-0.39, 0.29) is 23.2 Å². The van der Waals surface area contributed by atoms with Crippen molar-refractivity contribution in [3.63, 3.8) is 0 Å². The van der Waals surface area contributed by atoms with Crippen LogP contribution >= 0.6 is 11.6 Å². The van der Waals surface area contributed by atoms with E-state index in [9.17, 15) is 22.8 Å². The minimum absolute atomic E-state index is 0.0458. The van der Waals surface area contributed by atoms with Gasteiger partial charge >= 0.3 is 6.18 Å². The van der Waals surface area contributed by atoms with Gasteiger partial charge in [-0.1, -0.05) is 30.7 Å². The quantitative estimate of drug-likeness (QED) is 0.457. The number of allylic oxidation sites excluding steroid dienone is 1. The predicted octanol–water partition coefficient (Wildman–Crippen LogP) is 5.03. The number of nitrogens with one attached hydrogen (secondary N) is 1. The molecule has 2 amide bonds. The fourth-order valence-corrected chi connectivity index (χ4v) is 4.17. The largest absolute Gasteiger partial charge is 0.433 e. The molecule has 3 heterocycles. The van der Waals surface area contributed by atoms with Gasteiger partial charge in [-0.3, -0.25) is 14.3 Å². The van der Waals surface area contributed by atoms with Gasteiger partial charge in [0.2, 0.25) is 5.91 Å². The van der Waals surface area contributed by atoms with Gasteiger partial charge in [-0.05, 0) is 42.5 Å². The molecule has 1 aliphatic rings. The number of nitrogens with zero attached hydrogens (tertiary/aromatic N) is 4. The third kappa shape index (κ3) is 5.64. The molecule has 0 spiro atoms. The Hall–Kier alpha value is -3.40. The van der Waals surface area contributed by atoms with Crippen molar-refractivity contribution in [3.05, 3.63) is 65.6 Å². The molecule has 0 aliphatic carbocycles. The number of rotatable bonds is 7. The number of aromatic nitrogens is 3. The van der Waals surface area contributed by atoms with Crippen molar-refractivity contribution in [1.82, 2.24) is 19.7 Å². The minimum atomic E-state index is -4.67. The molecule has 3 aromatic rings. The van der Waals surface area contributed by atoms with Gasteiger partial charge in [0.25, 0.3) is 5.91 Å². The van der Waals surface area contributed by atoms with Crippen molar-refractivity contribution >= 4 is 40.0 Å². The van der Waals surface area contributed by atoms with Crippen LogP contribution < -0.4 is 5.32 Å². The lowest BCUT2D eigenvalue weighted by atomic mass is 9.89. The normalized spacial score (nSPS) is 15.1. The molecule has 1 aromatic carbocycles. The summed E-state index contributed by atoms with van der Waals surface area (Å²) in [6, 6.07) is 6.14. The van der Waals surface area contributed by atoms with Crippen LogP contribution in [0.1, 0.15) is 29.5 Å². The van der Waals surface area contributed by atoms with Crippen molar-refractivity contribution in [1.29, 1.82) is 0 Å². The van der Waals surface area contributed by atoms with Crippen LogP contribution in [-0.4, -0.2) is 44.6 Å². The number of anilines is 1. The number of likely N-dealkylation sites (tertiary alicyclic amines) is 1. The molecule has 1 fully saturated rings. The maximum atomic E-state index is 12.9. The van der Waals surface area contributed by atoms with E-state index in [0.29, 0.717) is 35.8 Å². The molecule has 4 rings (SSSR count). The van der Waals surface area contributed by atoms with E-state index in [4.69, 9.17) is 11.6 Å². The topological polar surface area (TPSA) is 80.1 Å². The van der Waals surface area contributed by atoms with Crippen LogP contribution in [-0.2, 0) is 17.5 Å². The van der Waals surface area contributed by atoms with E-state index >= 15 is 0 Å². The molecule has 0 bridgehead atoms. The van der Waals surface area contributed by atoms with Crippen LogP contribution in [0.15, 0.2) is 49.2 Å². The zero-order valence-electron chi connectivity index (χ0n) is 18.8. The highest BCUT2D eigenvalue weighted by Gasteiger charge is 2.33. The summed E-state index contributed by atoms with van der Waals surface area (Å²) in [7, 11) is 0. The Balaban J connectivity index is 1.43. The van der Waals surface area contributed by atoms with Gasteiger partial charge < -0.3 is 10.2 Å². The predicted molar refractivity (Wildman–Crippen MR) is 126 cm³/mol. The average Bonchev–Trinajstić information content (AvgIpc) is 3.15. The lowest BCUT2D eigenvalue weighted by Gasteiger charge is -2.40. The van der Waals surface area contributed by atoms with Crippen LogP contribution in [0.2, 0.25) is 5.02 Å². The first-order chi connectivity index (χ1) is 16.5. The van der Waals surface area contributed by atoms with Crippen molar-refractivity contribution in [2.75, 3.05) is 18.4 Å². The van der Waals surface area contributed by atoms with Crippen LogP contribution in [0.25, 0.3) is 10.9 Å². The second kappa shape index (κ2) is 9.69. The highest BCUT2D eigenvalue weighted by atomic mass is 35.5. The highest BCUT2D eigenvalue weighted by Crippen LogP contribution is 2.30. The highest BCUT2D eigenvalue weighted by molar-refractivity contribution is 6.34. The summed E-state index contributed by atoms with van der Waals surface area (Å²) in [4.78, 5) is 30.2. The number of fused-ring (bicyclic) bond motifs is 1. The summed E-state index contributed by atoms with van der Waals surface area (Å²) in [6.07, 6.45) is -0.0989. The Kier molecular flexibility index (Phi) is 6.84. The first kappa shape index (κ1) is 24.7. The Morgan fingerprint density at radius 2 is 2.06 bits per heavy atom. The van der Waals surface area contributed by atoms with E-state index < -0.39 is 23.5 Å². The van der Waals surface area contributed by atoms with Gasteiger partial charge in [-0.15, -0.1) is 6.58 Å². The van der Waals surface area contributed by atoms with Crippen molar-refractivity contribution in [2.24, 2.45) is 11.8 Å². The molecule has 1 atom stereocenters. The van der Waals surface area contributed by atoms with Crippen LogP contribution in [0.4, 0.5) is 18.9 Å². The molecule has 1 N–H and O–H groups in total. The minimum Gasteiger partial charge on any atom is -0.340 e. The standard InChI is InChI=1S/C24H23ClF3N5O2/c1-3-14(2)7-15-10-32(11-15)22(34)13-33-12-16-8-20(17(25)9-19(16)31-33)30-23(35)18-5-4-6-21(29-18)24(26,27)28/h3-6,8-9,12,14-15H,1,7,10-11,13H2,2H3,(H,30,35). The lowest BCUT2D eigenvalue weighted by molar-refractivity contribution is -0.141. The van der Waals surface area contributed by atoms with Crippen LogP contribution in [0, 0.1) is 11.8 Å². The average molecular weight is 506 g/mol. The fourth-order valence-electron chi connectivity index (χ4n) is 3.96. The number of benzene rings is 1. The molecular formula is C24H23ClF3N5O2. The first-order valence-electron chi connectivity index (χ1n) is 11.0. The van der Waals surface area contributed by atoms with E-state index in [1.807, 2.05) is 6.08 Å². The number of hydrogen-bond donors (Lipinski definition) is 1. The molecular weight excluding hydrogens is 483 g/mol. The van der Waals surface area contributed by atoms with Crippen LogP contribution in [0.3, 0.4) is 0 Å². The van der Waals surface area contributed by atoms with Crippen molar-refractivity contribution in [3.8, 4) is 0 Å². The second-order valence-electron chi connectivity index (χ2n) is 8.69. The summed E-state index contributed by atoms with van der Waals surface area (Å²) in [6.45, 7) is 7.38. The zero-order chi connectivity index (χ0) is 25.3. The monoisotopic (exact) mass is 505 g/mol. The molecule has 11 heteroatoms. The molecule has 2 aromatic heterocycles. The SMILES string of the molecule is C=CC(C)CC1CN(C(=O)Cn2cc3cc(NC(=O)c4cccc(C(F)(F)F)n4)c(Cl)cc3n2)C1. The molecule has 1 saturated heterocycles. The number of carbonyl (C=O) groups excluding carboxylic acids is 2. The number of halogens is 4. The number of alkyl halides is 3. The summed E-state index contributed by atoms with van der Waals surface area (Å²) in [5.74, 6) is 0.00554. The van der Waals surface area contributed by atoms with Crippen LogP contribution in [0.5, 0.6) is 0 Å². The van der Waals surface area contributed by atoms with Gasteiger partial charge in [-0.2, -0.15) is 18.3 Å². The maximum absolute atomic E-state index is 12.9. The summed E-state index contributed by atoms with van der Waals surface area (Å²) >= 11 is 6.26. The van der Waals surface area contributed by atoms with E-state index in [0.717, 1.165) is 18.6 Å². The second-order valence-corrected chi connectivity index (χ2v) is 9.10. The van der Waals surface area contributed by atoms with Gasteiger partial charge in [0.15, 0.2) is 0 Å². The molecule has 1 aliphatic heterocycles. The molecule has 184 valence electrons. The van der Waals surface area contributed by atoms with Gasteiger partial charge in [0, 0.05) is 24.7 Å². The Bertz CT molecular complexity index is 1280.